The summed E-state index contributed by atoms with van der Waals surface area (Å²) in [5.41, 5.74) is -0.269. The van der Waals surface area contributed by atoms with Gasteiger partial charge < -0.3 is 10.1 Å². The van der Waals surface area contributed by atoms with E-state index >= 15 is 0 Å². The fourth-order valence-corrected chi connectivity index (χ4v) is 3.16. The normalized spacial score (nSPS) is 22.2. The standard InChI is InChI=1S/C13H14N2O2S/c1-17-11-5-3-2-4-10(11)12(16)15-13(8-14)6-7-18-9-13/h2-5H,6-7,9H2,1H3,(H,15,16). The van der Waals surface area contributed by atoms with Gasteiger partial charge in [0.05, 0.1) is 18.7 Å². The molecule has 18 heavy (non-hydrogen) atoms. The lowest BCUT2D eigenvalue weighted by Crippen LogP contribution is -2.47. The van der Waals surface area contributed by atoms with Gasteiger partial charge in [-0.3, -0.25) is 4.79 Å². The van der Waals surface area contributed by atoms with Crippen molar-refractivity contribution >= 4 is 17.7 Å². The number of hydrogen-bond donors (Lipinski definition) is 1. The van der Waals surface area contributed by atoms with E-state index in [1.54, 1.807) is 36.0 Å². The topological polar surface area (TPSA) is 62.1 Å². The first-order valence-corrected chi connectivity index (χ1v) is 6.81. The Morgan fingerprint density at radius 3 is 2.94 bits per heavy atom. The molecule has 1 aliphatic rings. The number of carbonyl (C=O) groups excluding carboxylic acids is 1. The van der Waals surface area contributed by atoms with Gasteiger partial charge in [0, 0.05) is 5.75 Å². The summed E-state index contributed by atoms with van der Waals surface area (Å²) in [4.78, 5) is 12.2. The Labute approximate surface area is 110 Å². The minimum Gasteiger partial charge on any atom is -0.496 e. The molecule has 0 aliphatic carbocycles. The highest BCUT2D eigenvalue weighted by Crippen LogP contribution is 2.28. The highest BCUT2D eigenvalue weighted by molar-refractivity contribution is 7.99. The van der Waals surface area contributed by atoms with Gasteiger partial charge in [-0.1, -0.05) is 12.1 Å². The highest BCUT2D eigenvalue weighted by atomic mass is 32.2. The zero-order valence-corrected chi connectivity index (χ0v) is 10.9. The summed E-state index contributed by atoms with van der Waals surface area (Å²) < 4.78 is 5.15. The van der Waals surface area contributed by atoms with Crippen LogP contribution in [-0.4, -0.2) is 30.1 Å². The molecule has 1 saturated heterocycles. The van der Waals surface area contributed by atoms with E-state index in [4.69, 9.17) is 4.74 Å². The fraction of sp³-hybridized carbons (Fsp3) is 0.385. The van der Waals surface area contributed by atoms with Crippen LogP contribution < -0.4 is 10.1 Å². The van der Waals surface area contributed by atoms with Gasteiger partial charge in [-0.2, -0.15) is 17.0 Å². The molecule has 1 aromatic rings. The van der Waals surface area contributed by atoms with Crippen LogP contribution in [0.25, 0.3) is 0 Å². The molecule has 1 atom stereocenters. The van der Waals surface area contributed by atoms with Crippen molar-refractivity contribution in [2.75, 3.05) is 18.6 Å². The summed E-state index contributed by atoms with van der Waals surface area (Å²) >= 11 is 1.68. The Morgan fingerprint density at radius 1 is 1.56 bits per heavy atom. The van der Waals surface area contributed by atoms with Crippen LogP contribution in [-0.2, 0) is 0 Å². The number of para-hydroxylation sites is 1. The second kappa shape index (κ2) is 5.32. The van der Waals surface area contributed by atoms with E-state index in [9.17, 15) is 10.1 Å². The van der Waals surface area contributed by atoms with Gasteiger partial charge in [-0.05, 0) is 24.3 Å². The maximum atomic E-state index is 12.2. The van der Waals surface area contributed by atoms with Gasteiger partial charge in [0.1, 0.15) is 11.3 Å². The van der Waals surface area contributed by atoms with E-state index in [0.29, 0.717) is 23.5 Å². The summed E-state index contributed by atoms with van der Waals surface area (Å²) in [6, 6.07) is 9.24. The zero-order valence-electron chi connectivity index (χ0n) is 10.1. The molecule has 1 amide bonds. The van der Waals surface area contributed by atoms with Gasteiger partial charge in [0.15, 0.2) is 0 Å². The molecule has 94 valence electrons. The molecule has 1 N–H and O–H groups in total. The Kier molecular flexibility index (Phi) is 3.78. The minimum absolute atomic E-state index is 0.253. The van der Waals surface area contributed by atoms with Crippen LogP contribution in [0.4, 0.5) is 0 Å². The molecule has 0 radical (unpaired) electrons. The number of rotatable bonds is 3. The third kappa shape index (κ3) is 2.44. The monoisotopic (exact) mass is 262 g/mol. The lowest BCUT2D eigenvalue weighted by atomic mass is 10.0. The van der Waals surface area contributed by atoms with Crippen LogP contribution >= 0.6 is 11.8 Å². The van der Waals surface area contributed by atoms with Crippen molar-refractivity contribution in [1.29, 1.82) is 5.26 Å². The molecule has 2 rings (SSSR count). The fourth-order valence-electron chi connectivity index (χ4n) is 1.90. The van der Waals surface area contributed by atoms with Crippen molar-refractivity contribution in [1.82, 2.24) is 5.32 Å². The van der Waals surface area contributed by atoms with Gasteiger partial charge in [0.25, 0.3) is 5.91 Å². The van der Waals surface area contributed by atoms with Crippen LogP contribution in [0.3, 0.4) is 0 Å². The molecule has 5 heteroatoms. The number of benzene rings is 1. The lowest BCUT2D eigenvalue weighted by Gasteiger charge is -2.21. The lowest BCUT2D eigenvalue weighted by molar-refractivity contribution is 0.0923. The molecule has 1 unspecified atom stereocenters. The number of nitrogens with one attached hydrogen (secondary N) is 1. The molecule has 1 aliphatic heterocycles. The first-order valence-electron chi connectivity index (χ1n) is 5.65. The smallest absolute Gasteiger partial charge is 0.256 e. The second-order valence-corrected chi connectivity index (χ2v) is 5.26. The van der Waals surface area contributed by atoms with Gasteiger partial charge >= 0.3 is 0 Å². The highest BCUT2D eigenvalue weighted by Gasteiger charge is 2.36. The second-order valence-electron chi connectivity index (χ2n) is 4.15. The third-order valence-corrected chi connectivity index (χ3v) is 4.13. The van der Waals surface area contributed by atoms with E-state index in [0.717, 1.165) is 5.75 Å². The quantitative estimate of drug-likeness (QED) is 0.902. The van der Waals surface area contributed by atoms with E-state index in [1.165, 1.54) is 7.11 Å². The van der Waals surface area contributed by atoms with Crippen LogP contribution in [0, 0.1) is 11.3 Å². The summed E-state index contributed by atoms with van der Waals surface area (Å²) in [5.74, 6) is 1.81. The Morgan fingerprint density at radius 2 is 2.33 bits per heavy atom. The molecule has 1 aromatic carbocycles. The Hall–Kier alpha value is -1.67. The number of nitrogens with zero attached hydrogens (tertiary/aromatic N) is 1. The average molecular weight is 262 g/mol. The van der Waals surface area contributed by atoms with Crippen LogP contribution in [0.1, 0.15) is 16.8 Å². The molecular formula is C13H14N2O2S. The third-order valence-electron chi connectivity index (χ3n) is 2.94. The van der Waals surface area contributed by atoms with Crippen molar-refractivity contribution < 1.29 is 9.53 Å². The molecule has 0 spiro atoms. The van der Waals surface area contributed by atoms with Crippen LogP contribution in [0.15, 0.2) is 24.3 Å². The van der Waals surface area contributed by atoms with Crippen molar-refractivity contribution in [3.05, 3.63) is 29.8 Å². The minimum atomic E-state index is -0.734. The largest absolute Gasteiger partial charge is 0.496 e. The number of hydrogen-bond acceptors (Lipinski definition) is 4. The van der Waals surface area contributed by atoms with Gasteiger partial charge in [-0.15, -0.1) is 0 Å². The summed E-state index contributed by atoms with van der Waals surface area (Å²) in [5, 5.41) is 12.1. The number of carbonyl (C=O) groups is 1. The molecule has 0 bridgehead atoms. The van der Waals surface area contributed by atoms with E-state index in [2.05, 4.69) is 11.4 Å². The first-order chi connectivity index (χ1) is 8.71. The Balaban J connectivity index is 2.19. The van der Waals surface area contributed by atoms with Crippen LogP contribution in [0.5, 0.6) is 5.75 Å². The van der Waals surface area contributed by atoms with E-state index in [-0.39, 0.29) is 5.91 Å². The van der Waals surface area contributed by atoms with Crippen molar-refractivity contribution in [3.8, 4) is 11.8 Å². The Bertz CT molecular complexity index is 490. The van der Waals surface area contributed by atoms with Crippen molar-refractivity contribution in [2.24, 2.45) is 0 Å². The number of methoxy groups -OCH3 is 1. The zero-order chi connectivity index (χ0) is 13.0. The molecule has 1 fully saturated rings. The molecular weight excluding hydrogens is 248 g/mol. The summed E-state index contributed by atoms with van der Waals surface area (Å²) in [6.45, 7) is 0. The van der Waals surface area contributed by atoms with Crippen molar-refractivity contribution in [2.45, 2.75) is 12.0 Å². The predicted molar refractivity (Wildman–Crippen MR) is 70.7 cm³/mol. The molecule has 4 nitrogen and oxygen atoms in total. The first kappa shape index (κ1) is 12.8. The van der Waals surface area contributed by atoms with Crippen molar-refractivity contribution in [3.63, 3.8) is 0 Å². The van der Waals surface area contributed by atoms with Gasteiger partial charge in [-0.25, -0.2) is 0 Å². The predicted octanol–water partition coefficient (Wildman–Crippen LogP) is 1.82. The molecule has 0 aromatic heterocycles. The molecule has 1 heterocycles. The summed E-state index contributed by atoms with van der Waals surface area (Å²) in [7, 11) is 1.53. The number of amides is 1. The maximum Gasteiger partial charge on any atom is 0.256 e. The molecule has 0 saturated carbocycles. The number of nitriles is 1. The van der Waals surface area contributed by atoms with E-state index in [1.807, 2.05) is 0 Å². The summed E-state index contributed by atoms with van der Waals surface area (Å²) in [6.07, 6.45) is 0.690. The number of thioether (sulfide) groups is 1. The maximum absolute atomic E-state index is 12.2. The van der Waals surface area contributed by atoms with Crippen LogP contribution in [0.2, 0.25) is 0 Å². The van der Waals surface area contributed by atoms with Gasteiger partial charge in [0.2, 0.25) is 0 Å². The van der Waals surface area contributed by atoms with E-state index < -0.39 is 5.54 Å². The average Bonchev–Trinajstić information content (AvgIpc) is 2.87. The number of ether oxygens (including phenoxy) is 1. The SMILES string of the molecule is COc1ccccc1C(=O)NC1(C#N)CCSC1.